The summed E-state index contributed by atoms with van der Waals surface area (Å²) in [6.07, 6.45) is 1.83. The number of nitrogens with two attached hydrogens (primary N) is 1. The monoisotopic (exact) mass is 277 g/mol. The average molecular weight is 278 g/mol. The standard InChI is InChI=1S/C15H20ClN3/c1-11(2)5-7-19(8-6-17)15-9-12-3-4-13(16)10-14(12)18-15/h3-4,10H,1,5-9,17H2,2H3. The topological polar surface area (TPSA) is 41.6 Å². The van der Waals surface area contributed by atoms with E-state index < -0.39 is 0 Å². The Morgan fingerprint density at radius 1 is 1.47 bits per heavy atom. The number of halogens is 1. The Morgan fingerprint density at radius 3 is 2.95 bits per heavy atom. The predicted molar refractivity (Wildman–Crippen MR) is 82.3 cm³/mol. The highest BCUT2D eigenvalue weighted by molar-refractivity contribution is 6.30. The fraction of sp³-hybridized carbons (Fsp3) is 0.400. The maximum Gasteiger partial charge on any atom is 0.109 e. The van der Waals surface area contributed by atoms with E-state index in [1.807, 2.05) is 25.1 Å². The quantitative estimate of drug-likeness (QED) is 0.840. The Balaban J connectivity index is 2.12. The summed E-state index contributed by atoms with van der Waals surface area (Å²) in [5, 5.41) is 0.732. The lowest BCUT2D eigenvalue weighted by Crippen LogP contribution is -2.36. The molecule has 0 amide bonds. The van der Waals surface area contributed by atoms with Gasteiger partial charge in [-0.3, -0.25) is 0 Å². The van der Waals surface area contributed by atoms with E-state index in [2.05, 4.69) is 16.5 Å². The highest BCUT2D eigenvalue weighted by Crippen LogP contribution is 2.30. The largest absolute Gasteiger partial charge is 0.358 e. The second-order valence-corrected chi connectivity index (χ2v) is 5.40. The SMILES string of the molecule is C=C(C)CCN(CCN)C1=Nc2cc(Cl)ccc2C1. The Morgan fingerprint density at radius 2 is 2.26 bits per heavy atom. The van der Waals surface area contributed by atoms with Crippen LogP contribution >= 0.6 is 11.6 Å². The van der Waals surface area contributed by atoms with Crippen molar-refractivity contribution in [1.29, 1.82) is 0 Å². The number of hydrogen-bond acceptors (Lipinski definition) is 3. The molecule has 0 aromatic heterocycles. The van der Waals surface area contributed by atoms with Gasteiger partial charge in [-0.25, -0.2) is 4.99 Å². The molecule has 0 bridgehead atoms. The van der Waals surface area contributed by atoms with Gasteiger partial charge in [0.25, 0.3) is 0 Å². The first kappa shape index (κ1) is 14.1. The molecule has 2 rings (SSSR count). The van der Waals surface area contributed by atoms with Crippen molar-refractivity contribution in [3.63, 3.8) is 0 Å². The Hall–Kier alpha value is -1.32. The van der Waals surface area contributed by atoms with Crippen LogP contribution < -0.4 is 5.73 Å². The molecule has 0 saturated carbocycles. The second kappa shape index (κ2) is 6.22. The summed E-state index contributed by atoms with van der Waals surface area (Å²) in [7, 11) is 0. The van der Waals surface area contributed by atoms with Gasteiger partial charge in [-0.2, -0.15) is 0 Å². The molecule has 1 aromatic carbocycles. The van der Waals surface area contributed by atoms with Crippen LogP contribution in [0.4, 0.5) is 5.69 Å². The van der Waals surface area contributed by atoms with Gasteiger partial charge in [-0.1, -0.05) is 23.2 Å². The average Bonchev–Trinajstić information content (AvgIpc) is 2.76. The number of rotatable bonds is 5. The van der Waals surface area contributed by atoms with Gasteiger partial charge < -0.3 is 10.6 Å². The molecule has 0 unspecified atom stereocenters. The minimum absolute atomic E-state index is 0.631. The molecule has 4 heteroatoms. The number of fused-ring (bicyclic) bond motifs is 1. The molecule has 3 nitrogen and oxygen atoms in total. The van der Waals surface area contributed by atoms with Crippen LogP contribution in [0.5, 0.6) is 0 Å². The van der Waals surface area contributed by atoms with Gasteiger partial charge in [-0.15, -0.1) is 6.58 Å². The first-order valence-electron chi connectivity index (χ1n) is 6.55. The van der Waals surface area contributed by atoms with Gasteiger partial charge in [-0.05, 0) is 31.0 Å². The van der Waals surface area contributed by atoms with E-state index in [0.29, 0.717) is 6.54 Å². The van der Waals surface area contributed by atoms with E-state index in [0.717, 1.165) is 42.5 Å². The third kappa shape index (κ3) is 3.58. The lowest BCUT2D eigenvalue weighted by Gasteiger charge is -2.23. The van der Waals surface area contributed by atoms with Crippen LogP contribution in [-0.4, -0.2) is 30.4 Å². The van der Waals surface area contributed by atoms with E-state index in [1.54, 1.807) is 0 Å². The van der Waals surface area contributed by atoms with Crippen molar-refractivity contribution < 1.29 is 0 Å². The molecule has 0 radical (unpaired) electrons. The summed E-state index contributed by atoms with van der Waals surface area (Å²) in [5.74, 6) is 1.09. The van der Waals surface area contributed by atoms with E-state index in [1.165, 1.54) is 11.1 Å². The zero-order chi connectivity index (χ0) is 13.8. The van der Waals surface area contributed by atoms with Crippen molar-refractivity contribution in [2.45, 2.75) is 19.8 Å². The van der Waals surface area contributed by atoms with Crippen LogP contribution in [0.15, 0.2) is 35.3 Å². The summed E-state index contributed by atoms with van der Waals surface area (Å²) in [5.41, 5.74) is 9.09. The van der Waals surface area contributed by atoms with Crippen molar-refractivity contribution in [3.05, 3.63) is 40.9 Å². The first-order valence-corrected chi connectivity index (χ1v) is 6.93. The third-order valence-corrected chi connectivity index (χ3v) is 3.45. The Kier molecular flexibility index (Phi) is 4.61. The third-order valence-electron chi connectivity index (χ3n) is 3.22. The fourth-order valence-electron chi connectivity index (χ4n) is 2.17. The van der Waals surface area contributed by atoms with Crippen LogP contribution in [0.3, 0.4) is 0 Å². The molecular weight excluding hydrogens is 258 g/mol. The van der Waals surface area contributed by atoms with Crippen LogP contribution in [0.25, 0.3) is 0 Å². The molecule has 1 aliphatic heterocycles. The maximum atomic E-state index is 6.00. The van der Waals surface area contributed by atoms with Crippen LogP contribution in [-0.2, 0) is 6.42 Å². The number of hydrogen-bond donors (Lipinski definition) is 1. The molecule has 1 aromatic rings. The maximum absolute atomic E-state index is 6.00. The summed E-state index contributed by atoms with van der Waals surface area (Å²) in [6, 6.07) is 5.89. The molecule has 0 fully saturated rings. The minimum Gasteiger partial charge on any atom is -0.358 e. The molecule has 2 N–H and O–H groups in total. The molecule has 1 heterocycles. The van der Waals surface area contributed by atoms with E-state index >= 15 is 0 Å². The van der Waals surface area contributed by atoms with E-state index in [-0.39, 0.29) is 0 Å². The Bertz CT molecular complexity index is 508. The van der Waals surface area contributed by atoms with E-state index in [4.69, 9.17) is 17.3 Å². The van der Waals surface area contributed by atoms with Gasteiger partial charge in [0.15, 0.2) is 0 Å². The number of aliphatic imine (C=N–C) groups is 1. The Labute approximate surface area is 119 Å². The van der Waals surface area contributed by atoms with Crippen molar-refractivity contribution in [1.82, 2.24) is 4.90 Å². The predicted octanol–water partition coefficient (Wildman–Crippen LogP) is 3.15. The molecule has 0 saturated heterocycles. The van der Waals surface area contributed by atoms with Gasteiger partial charge in [0, 0.05) is 31.1 Å². The van der Waals surface area contributed by atoms with Crippen LogP contribution in [0.1, 0.15) is 18.9 Å². The van der Waals surface area contributed by atoms with E-state index in [9.17, 15) is 0 Å². The molecule has 0 atom stereocenters. The first-order chi connectivity index (χ1) is 9.10. The van der Waals surface area contributed by atoms with Crippen LogP contribution in [0.2, 0.25) is 5.02 Å². The smallest absolute Gasteiger partial charge is 0.109 e. The molecule has 19 heavy (non-hydrogen) atoms. The van der Waals surface area contributed by atoms with Gasteiger partial charge in [0.2, 0.25) is 0 Å². The molecule has 1 aliphatic rings. The van der Waals surface area contributed by atoms with Gasteiger partial charge in [0.1, 0.15) is 5.84 Å². The molecule has 0 spiro atoms. The minimum atomic E-state index is 0.631. The number of amidine groups is 1. The van der Waals surface area contributed by atoms with Crippen molar-refractivity contribution in [2.24, 2.45) is 10.7 Å². The summed E-state index contributed by atoms with van der Waals surface area (Å²) >= 11 is 6.00. The lowest BCUT2D eigenvalue weighted by molar-refractivity contribution is 0.427. The van der Waals surface area contributed by atoms with Gasteiger partial charge >= 0.3 is 0 Å². The second-order valence-electron chi connectivity index (χ2n) is 4.96. The highest BCUT2D eigenvalue weighted by atomic mass is 35.5. The highest BCUT2D eigenvalue weighted by Gasteiger charge is 2.19. The summed E-state index contributed by atoms with van der Waals surface area (Å²) < 4.78 is 0. The zero-order valence-electron chi connectivity index (χ0n) is 11.3. The normalized spacial score (nSPS) is 13.1. The fourth-order valence-corrected chi connectivity index (χ4v) is 2.34. The number of nitrogens with zero attached hydrogens (tertiary/aromatic N) is 2. The zero-order valence-corrected chi connectivity index (χ0v) is 12.1. The molecule has 0 aliphatic carbocycles. The van der Waals surface area contributed by atoms with Crippen molar-refractivity contribution in [2.75, 3.05) is 19.6 Å². The summed E-state index contributed by atoms with van der Waals surface area (Å²) in [6.45, 7) is 8.38. The lowest BCUT2D eigenvalue weighted by atomic mass is 10.1. The van der Waals surface area contributed by atoms with Crippen LogP contribution in [0, 0.1) is 0 Å². The van der Waals surface area contributed by atoms with Crippen molar-refractivity contribution >= 4 is 23.1 Å². The summed E-state index contributed by atoms with van der Waals surface area (Å²) in [4.78, 5) is 6.93. The molecular formula is C15H20ClN3. The van der Waals surface area contributed by atoms with Crippen molar-refractivity contribution in [3.8, 4) is 0 Å². The van der Waals surface area contributed by atoms with Gasteiger partial charge in [0.05, 0.1) is 5.69 Å². The number of benzene rings is 1. The molecule has 102 valence electrons.